The summed E-state index contributed by atoms with van der Waals surface area (Å²) in [6.07, 6.45) is 0.454. The summed E-state index contributed by atoms with van der Waals surface area (Å²) < 4.78 is 21.0. The van der Waals surface area contributed by atoms with Gasteiger partial charge in [-0.2, -0.15) is 0 Å². The number of piperidine rings is 1. The molecule has 0 bridgehead atoms. The number of aryl methyl sites for hydroxylation is 1. The van der Waals surface area contributed by atoms with Crippen LogP contribution in [0.2, 0.25) is 0 Å². The van der Waals surface area contributed by atoms with Crippen LogP contribution in [0.25, 0.3) is 10.4 Å². The van der Waals surface area contributed by atoms with Gasteiger partial charge in [-0.3, -0.25) is 14.5 Å². The van der Waals surface area contributed by atoms with Crippen molar-refractivity contribution in [2.24, 2.45) is 5.92 Å². The van der Waals surface area contributed by atoms with Crippen molar-refractivity contribution in [3.63, 3.8) is 0 Å². The summed E-state index contributed by atoms with van der Waals surface area (Å²) in [5, 5.41) is 21.2. The number of β-amino-alcohol motifs (C(OH)–C–C–N with tert-alkyl or cyclic N) is 1. The Bertz CT molecular complexity index is 1550. The fraction of sp³-hybridized carbons (Fsp3) is 0.600. The lowest BCUT2D eigenvalue weighted by Gasteiger charge is -2.39. The number of alkyl halides is 1. The van der Waals surface area contributed by atoms with Crippen molar-refractivity contribution in [3.8, 4) is 10.4 Å². The second-order valence-corrected chi connectivity index (χ2v) is 14.8. The number of aliphatic hydroxyl groups is 1. The van der Waals surface area contributed by atoms with Crippen LogP contribution in [0.5, 0.6) is 0 Å². The van der Waals surface area contributed by atoms with Crippen LogP contribution < -0.4 is 15.5 Å². The molecule has 0 radical (unpaired) electrons. The van der Waals surface area contributed by atoms with E-state index in [2.05, 4.69) is 30.6 Å². The van der Waals surface area contributed by atoms with Gasteiger partial charge in [-0.1, -0.05) is 43.3 Å². The van der Waals surface area contributed by atoms with Gasteiger partial charge < -0.3 is 30.1 Å². The molecule has 6 rings (SSSR count). The van der Waals surface area contributed by atoms with Gasteiger partial charge in [0.15, 0.2) is 11.6 Å². The minimum atomic E-state index is -1.14. The molecule has 3 saturated heterocycles. The predicted octanol–water partition coefficient (Wildman–Crippen LogP) is 3.90. The maximum Gasteiger partial charge on any atom is 0.243 e. The van der Waals surface area contributed by atoms with Crippen molar-refractivity contribution in [1.29, 1.82) is 0 Å². The van der Waals surface area contributed by atoms with E-state index in [0.29, 0.717) is 44.1 Å². The van der Waals surface area contributed by atoms with Crippen molar-refractivity contribution in [2.75, 3.05) is 57.3 Å². The standard InChI is InChI=1S/C35H48FN7O4S/c1-22(2)31(29-18-30(40-47-29)42-15-13-41(14-16-42)20-35(36)9-11-37-12-10-35)34(46)43-19-27(44)17-28(43)33(45)39-23(3)25-5-7-26(8-6-25)32-24(4)38-21-48-32/h5-8,18,21-23,27-28,31,37,44H,9-17,19-20H2,1-4H3,(H,39,45)/t23-,27+,28-,31+/m0/s1. The van der Waals surface area contributed by atoms with Crippen molar-refractivity contribution in [2.45, 2.75) is 76.7 Å². The third-order valence-corrected chi connectivity index (χ3v) is 11.1. The van der Waals surface area contributed by atoms with Crippen LogP contribution >= 0.6 is 11.3 Å². The molecule has 3 aliphatic heterocycles. The van der Waals surface area contributed by atoms with Gasteiger partial charge in [-0.05, 0) is 56.8 Å². The molecule has 48 heavy (non-hydrogen) atoms. The van der Waals surface area contributed by atoms with Crippen LogP contribution in [0.1, 0.15) is 69.0 Å². The fourth-order valence-electron chi connectivity index (χ4n) is 7.26. The Labute approximate surface area is 285 Å². The number of nitrogens with zero attached hydrogens (tertiary/aromatic N) is 5. The van der Waals surface area contributed by atoms with Gasteiger partial charge >= 0.3 is 0 Å². The number of likely N-dealkylation sites (tertiary alicyclic amines) is 1. The van der Waals surface area contributed by atoms with Crippen molar-refractivity contribution in [3.05, 3.63) is 52.9 Å². The monoisotopic (exact) mass is 681 g/mol. The summed E-state index contributed by atoms with van der Waals surface area (Å²) in [5.74, 6) is -0.271. The number of carbonyl (C=O) groups is 2. The van der Waals surface area contributed by atoms with Gasteiger partial charge in [0, 0.05) is 51.8 Å². The third-order valence-electron chi connectivity index (χ3n) is 10.1. The summed E-state index contributed by atoms with van der Waals surface area (Å²) in [6, 6.07) is 8.77. The lowest BCUT2D eigenvalue weighted by molar-refractivity contribution is -0.141. The number of carbonyl (C=O) groups excluding carboxylic acids is 2. The zero-order valence-corrected chi connectivity index (χ0v) is 29.1. The molecule has 3 aliphatic rings. The number of amides is 2. The Balaban J connectivity index is 1.08. The summed E-state index contributed by atoms with van der Waals surface area (Å²) in [6.45, 7) is 12.6. The maximum absolute atomic E-state index is 15.3. The first-order chi connectivity index (χ1) is 23.0. The molecule has 3 aromatic rings. The van der Waals surface area contributed by atoms with Gasteiger partial charge in [0.2, 0.25) is 11.8 Å². The molecule has 2 aromatic heterocycles. The number of hydrogen-bond acceptors (Lipinski definition) is 10. The number of rotatable bonds is 10. The highest BCUT2D eigenvalue weighted by molar-refractivity contribution is 7.13. The van der Waals surface area contributed by atoms with Gasteiger partial charge in [-0.25, -0.2) is 9.37 Å². The average molecular weight is 682 g/mol. The van der Waals surface area contributed by atoms with Crippen molar-refractivity contribution < 1.29 is 23.6 Å². The predicted molar refractivity (Wildman–Crippen MR) is 184 cm³/mol. The lowest BCUT2D eigenvalue weighted by Crippen LogP contribution is -2.53. The zero-order valence-electron chi connectivity index (χ0n) is 28.3. The largest absolute Gasteiger partial charge is 0.391 e. The second-order valence-electron chi connectivity index (χ2n) is 14.0. The van der Waals surface area contributed by atoms with E-state index in [9.17, 15) is 14.7 Å². The normalized spacial score (nSPS) is 23.0. The van der Waals surface area contributed by atoms with Crippen LogP contribution in [-0.4, -0.2) is 107 Å². The average Bonchev–Trinajstić information content (AvgIpc) is 3.82. The summed E-state index contributed by atoms with van der Waals surface area (Å²) in [5.41, 5.74) is 3.70. The molecular weight excluding hydrogens is 633 g/mol. The zero-order chi connectivity index (χ0) is 34.0. The van der Waals surface area contributed by atoms with Crippen molar-refractivity contribution in [1.82, 2.24) is 30.6 Å². The van der Waals surface area contributed by atoms with Gasteiger partial charge in [0.1, 0.15) is 17.6 Å². The molecular formula is C35H48FN7O4S. The van der Waals surface area contributed by atoms with Crippen molar-refractivity contribution >= 4 is 29.0 Å². The molecule has 11 nitrogen and oxygen atoms in total. The maximum atomic E-state index is 15.3. The fourth-order valence-corrected chi connectivity index (χ4v) is 8.07. The SMILES string of the molecule is Cc1ncsc1-c1ccc([C@H](C)NC(=O)[C@@H]2C[C@@H](O)CN2C(=O)[C@@H](c2cc(N3CCN(CC4(F)CCNCC4)CC3)no2)C(C)C)cc1. The highest BCUT2D eigenvalue weighted by atomic mass is 32.1. The van der Waals surface area contributed by atoms with E-state index in [4.69, 9.17) is 4.52 Å². The Morgan fingerprint density at radius 1 is 1.15 bits per heavy atom. The first-order valence-corrected chi connectivity index (χ1v) is 18.0. The summed E-state index contributed by atoms with van der Waals surface area (Å²) >= 11 is 1.59. The quantitative estimate of drug-likeness (QED) is 0.292. The van der Waals surface area contributed by atoms with Crippen LogP contribution in [-0.2, 0) is 9.59 Å². The topological polar surface area (TPSA) is 127 Å². The molecule has 3 N–H and O–H groups in total. The molecule has 260 valence electrons. The Morgan fingerprint density at radius 2 is 1.85 bits per heavy atom. The van der Waals surface area contributed by atoms with E-state index in [1.165, 1.54) is 4.90 Å². The Kier molecular flexibility index (Phi) is 10.5. The number of halogens is 1. The Hall–Kier alpha value is -3.39. The molecule has 0 saturated carbocycles. The van der Waals surface area contributed by atoms with Crippen LogP contribution in [0.15, 0.2) is 40.4 Å². The number of aromatic nitrogens is 2. The van der Waals surface area contributed by atoms with Crippen LogP contribution in [0.3, 0.4) is 0 Å². The van der Waals surface area contributed by atoms with E-state index in [-0.39, 0.29) is 36.7 Å². The lowest BCUT2D eigenvalue weighted by atomic mass is 9.91. The molecule has 0 aliphatic carbocycles. The molecule has 2 amide bonds. The molecule has 1 aromatic carbocycles. The molecule has 13 heteroatoms. The minimum Gasteiger partial charge on any atom is -0.391 e. The molecule has 0 unspecified atom stereocenters. The number of piperazine rings is 1. The Morgan fingerprint density at radius 3 is 2.50 bits per heavy atom. The smallest absolute Gasteiger partial charge is 0.243 e. The molecule has 4 atom stereocenters. The van der Waals surface area contributed by atoms with E-state index in [1.807, 2.05) is 63.5 Å². The molecule has 3 fully saturated rings. The molecule has 5 heterocycles. The number of aliphatic hydroxyl groups excluding tert-OH is 1. The first-order valence-electron chi connectivity index (χ1n) is 17.1. The summed E-state index contributed by atoms with van der Waals surface area (Å²) in [7, 11) is 0. The van der Waals surface area contributed by atoms with E-state index >= 15 is 4.39 Å². The van der Waals surface area contributed by atoms with E-state index < -0.39 is 23.7 Å². The number of benzene rings is 1. The molecule has 0 spiro atoms. The third kappa shape index (κ3) is 7.59. The first kappa shape index (κ1) is 34.5. The van der Waals surface area contributed by atoms with E-state index in [1.54, 1.807) is 11.3 Å². The number of nitrogens with one attached hydrogen (secondary N) is 2. The minimum absolute atomic E-state index is 0.0759. The number of hydrogen-bond donors (Lipinski definition) is 3. The van der Waals surface area contributed by atoms with Crippen LogP contribution in [0.4, 0.5) is 10.2 Å². The number of anilines is 1. The highest BCUT2D eigenvalue weighted by Crippen LogP contribution is 2.34. The van der Waals surface area contributed by atoms with Gasteiger partial charge in [-0.15, -0.1) is 11.3 Å². The summed E-state index contributed by atoms with van der Waals surface area (Å²) in [4.78, 5) is 39.0. The number of thiazole rings is 1. The van der Waals surface area contributed by atoms with Crippen LogP contribution in [0, 0.1) is 12.8 Å². The van der Waals surface area contributed by atoms with Gasteiger partial charge in [0.25, 0.3) is 0 Å². The second kappa shape index (κ2) is 14.6. The highest BCUT2D eigenvalue weighted by Gasteiger charge is 2.44. The van der Waals surface area contributed by atoms with Gasteiger partial charge in [0.05, 0.1) is 28.2 Å². The van der Waals surface area contributed by atoms with E-state index in [0.717, 1.165) is 47.9 Å².